The first-order valence-electron chi connectivity index (χ1n) is 4.01. The second-order valence-corrected chi connectivity index (χ2v) is 10.1. The van der Waals surface area contributed by atoms with Crippen molar-refractivity contribution in [1.82, 2.24) is 0 Å². The molecule has 0 fully saturated rings. The van der Waals surface area contributed by atoms with Gasteiger partial charge in [0.05, 0.1) is 6.10 Å². The van der Waals surface area contributed by atoms with Crippen molar-refractivity contribution in [2.45, 2.75) is 45.6 Å². The molecular weight excluding hydrogens is 140 g/mol. The Hall–Kier alpha value is 0.177. The minimum absolute atomic E-state index is 0.0772. The SMILES string of the molecule is CC(C)C(O)C[Si](C)(C)C. The second kappa shape index (κ2) is 3.53. The molecule has 0 saturated carbocycles. The van der Waals surface area contributed by atoms with Gasteiger partial charge in [0.25, 0.3) is 0 Å². The zero-order chi connectivity index (χ0) is 8.36. The van der Waals surface area contributed by atoms with E-state index in [-0.39, 0.29) is 6.10 Å². The van der Waals surface area contributed by atoms with Crippen molar-refractivity contribution in [3.05, 3.63) is 0 Å². The molecule has 0 saturated heterocycles. The normalized spacial score (nSPS) is 15.9. The Morgan fingerprint density at radius 1 is 1.20 bits per heavy atom. The van der Waals surface area contributed by atoms with E-state index in [1.165, 1.54) is 0 Å². The van der Waals surface area contributed by atoms with Gasteiger partial charge in [0.15, 0.2) is 0 Å². The lowest BCUT2D eigenvalue weighted by atomic mass is 10.1. The molecule has 0 radical (unpaired) electrons. The second-order valence-electron chi connectivity index (χ2n) is 4.58. The van der Waals surface area contributed by atoms with Gasteiger partial charge in [0.1, 0.15) is 0 Å². The molecule has 2 heteroatoms. The van der Waals surface area contributed by atoms with Crippen molar-refractivity contribution in [3.8, 4) is 0 Å². The van der Waals surface area contributed by atoms with E-state index in [4.69, 9.17) is 0 Å². The third-order valence-corrected chi connectivity index (χ3v) is 3.23. The summed E-state index contributed by atoms with van der Waals surface area (Å²) in [6, 6.07) is 1.03. The lowest BCUT2D eigenvalue weighted by molar-refractivity contribution is 0.143. The summed E-state index contributed by atoms with van der Waals surface area (Å²) in [4.78, 5) is 0. The number of aliphatic hydroxyl groups excluding tert-OH is 1. The summed E-state index contributed by atoms with van der Waals surface area (Å²) in [6.07, 6.45) is -0.0772. The van der Waals surface area contributed by atoms with E-state index < -0.39 is 8.07 Å². The van der Waals surface area contributed by atoms with Gasteiger partial charge in [-0.3, -0.25) is 0 Å². The molecule has 10 heavy (non-hydrogen) atoms. The molecule has 0 heterocycles. The Morgan fingerprint density at radius 2 is 1.60 bits per heavy atom. The highest BCUT2D eigenvalue weighted by Crippen LogP contribution is 2.16. The smallest absolute Gasteiger partial charge is 0.0539 e. The van der Waals surface area contributed by atoms with Crippen molar-refractivity contribution >= 4 is 8.07 Å². The first-order chi connectivity index (χ1) is 4.33. The molecule has 1 nitrogen and oxygen atoms in total. The first kappa shape index (κ1) is 10.2. The van der Waals surface area contributed by atoms with Crippen LogP contribution in [-0.2, 0) is 0 Å². The molecule has 1 atom stereocenters. The van der Waals surface area contributed by atoms with Gasteiger partial charge in [-0.2, -0.15) is 0 Å². The number of hydrogen-bond donors (Lipinski definition) is 1. The van der Waals surface area contributed by atoms with E-state index >= 15 is 0 Å². The molecule has 0 spiro atoms. The molecule has 0 aromatic carbocycles. The summed E-state index contributed by atoms with van der Waals surface area (Å²) in [6.45, 7) is 11.0. The monoisotopic (exact) mass is 160 g/mol. The topological polar surface area (TPSA) is 20.2 Å². The Kier molecular flexibility index (Phi) is 3.60. The van der Waals surface area contributed by atoms with Crippen LogP contribution in [0.3, 0.4) is 0 Å². The van der Waals surface area contributed by atoms with Crippen LogP contribution in [-0.4, -0.2) is 19.3 Å². The predicted octanol–water partition coefficient (Wildman–Crippen LogP) is 2.34. The van der Waals surface area contributed by atoms with Gasteiger partial charge in [-0.05, 0) is 12.0 Å². The summed E-state index contributed by atoms with van der Waals surface area (Å²) in [5.41, 5.74) is 0. The number of aliphatic hydroxyl groups is 1. The average Bonchev–Trinajstić information content (AvgIpc) is 1.60. The number of rotatable bonds is 3. The van der Waals surface area contributed by atoms with E-state index in [1.54, 1.807) is 0 Å². The molecule has 0 rings (SSSR count). The molecule has 1 N–H and O–H groups in total. The molecule has 0 aromatic rings. The van der Waals surface area contributed by atoms with E-state index in [9.17, 15) is 5.11 Å². The fraction of sp³-hybridized carbons (Fsp3) is 1.00. The molecule has 0 amide bonds. The van der Waals surface area contributed by atoms with Crippen LogP contribution in [0.25, 0.3) is 0 Å². The molecule has 0 aliphatic carbocycles. The lowest BCUT2D eigenvalue weighted by Gasteiger charge is -2.22. The molecule has 0 aromatic heterocycles. The van der Waals surface area contributed by atoms with Gasteiger partial charge < -0.3 is 5.11 Å². The van der Waals surface area contributed by atoms with Gasteiger partial charge in [0, 0.05) is 8.07 Å². The maximum absolute atomic E-state index is 9.50. The summed E-state index contributed by atoms with van der Waals surface area (Å²) in [5.74, 6) is 0.423. The van der Waals surface area contributed by atoms with E-state index in [0.717, 1.165) is 6.04 Å². The maximum Gasteiger partial charge on any atom is 0.0539 e. The van der Waals surface area contributed by atoms with E-state index in [0.29, 0.717) is 5.92 Å². The Balaban J connectivity index is 3.68. The minimum Gasteiger partial charge on any atom is -0.393 e. The predicted molar refractivity (Wildman–Crippen MR) is 49.0 cm³/mol. The fourth-order valence-electron chi connectivity index (χ4n) is 0.863. The highest BCUT2D eigenvalue weighted by Gasteiger charge is 2.20. The third kappa shape index (κ3) is 5.00. The zero-order valence-electron chi connectivity index (χ0n) is 7.81. The van der Waals surface area contributed by atoms with Crippen LogP contribution in [0.5, 0.6) is 0 Å². The average molecular weight is 160 g/mol. The Bertz CT molecular complexity index is 93.9. The summed E-state index contributed by atoms with van der Waals surface area (Å²) in [5, 5.41) is 9.50. The van der Waals surface area contributed by atoms with Gasteiger partial charge in [-0.25, -0.2) is 0 Å². The summed E-state index contributed by atoms with van der Waals surface area (Å²) < 4.78 is 0. The quantitative estimate of drug-likeness (QED) is 0.628. The van der Waals surface area contributed by atoms with Gasteiger partial charge in [0.2, 0.25) is 0 Å². The molecule has 0 aliphatic heterocycles. The van der Waals surface area contributed by atoms with Crippen molar-refractivity contribution in [3.63, 3.8) is 0 Å². The van der Waals surface area contributed by atoms with Crippen LogP contribution >= 0.6 is 0 Å². The molecule has 62 valence electrons. The largest absolute Gasteiger partial charge is 0.393 e. The summed E-state index contributed by atoms with van der Waals surface area (Å²) >= 11 is 0. The van der Waals surface area contributed by atoms with E-state index in [1.807, 2.05) is 0 Å². The van der Waals surface area contributed by atoms with Gasteiger partial charge >= 0.3 is 0 Å². The molecular formula is C8H20OSi. The van der Waals surface area contributed by atoms with Crippen LogP contribution in [0, 0.1) is 5.92 Å². The number of hydrogen-bond acceptors (Lipinski definition) is 1. The van der Waals surface area contributed by atoms with Crippen LogP contribution in [0.1, 0.15) is 13.8 Å². The highest BCUT2D eigenvalue weighted by molar-refractivity contribution is 6.76. The molecule has 0 bridgehead atoms. The van der Waals surface area contributed by atoms with Crippen LogP contribution in [0.2, 0.25) is 25.7 Å². The minimum atomic E-state index is -1.03. The zero-order valence-corrected chi connectivity index (χ0v) is 8.81. The van der Waals surface area contributed by atoms with Crippen LogP contribution in [0.4, 0.5) is 0 Å². The first-order valence-corrected chi connectivity index (χ1v) is 7.72. The Morgan fingerprint density at radius 3 is 1.70 bits per heavy atom. The van der Waals surface area contributed by atoms with Crippen LogP contribution in [0.15, 0.2) is 0 Å². The Labute approximate surface area is 65.5 Å². The third-order valence-electron chi connectivity index (χ3n) is 1.59. The fourth-order valence-corrected chi connectivity index (χ4v) is 2.59. The van der Waals surface area contributed by atoms with Gasteiger partial charge in [-0.1, -0.05) is 33.5 Å². The van der Waals surface area contributed by atoms with Crippen LogP contribution < -0.4 is 0 Å². The van der Waals surface area contributed by atoms with Crippen molar-refractivity contribution in [2.75, 3.05) is 0 Å². The van der Waals surface area contributed by atoms with Crippen molar-refractivity contribution in [1.29, 1.82) is 0 Å². The van der Waals surface area contributed by atoms with E-state index in [2.05, 4.69) is 33.5 Å². The lowest BCUT2D eigenvalue weighted by Crippen LogP contribution is -2.29. The standard InChI is InChI=1S/C8H20OSi/c1-7(2)8(9)6-10(3,4)5/h7-9H,6H2,1-5H3. The summed E-state index contributed by atoms with van der Waals surface area (Å²) in [7, 11) is -1.03. The highest BCUT2D eigenvalue weighted by atomic mass is 28.3. The van der Waals surface area contributed by atoms with Crippen molar-refractivity contribution in [2.24, 2.45) is 5.92 Å². The molecule has 0 aliphatic rings. The maximum atomic E-state index is 9.50. The van der Waals surface area contributed by atoms with Crippen molar-refractivity contribution < 1.29 is 5.11 Å². The van der Waals surface area contributed by atoms with Gasteiger partial charge in [-0.15, -0.1) is 0 Å². The molecule has 1 unspecified atom stereocenters.